The van der Waals surface area contributed by atoms with Crippen LogP contribution in [0, 0.1) is 30.9 Å². The van der Waals surface area contributed by atoms with Crippen LogP contribution in [0.2, 0.25) is 0 Å². The maximum absolute atomic E-state index is 12.2. The number of aromatic nitrogens is 2. The van der Waals surface area contributed by atoms with E-state index in [0.29, 0.717) is 17.1 Å². The number of hydrogen-bond donors (Lipinski definition) is 1. The maximum atomic E-state index is 12.2. The van der Waals surface area contributed by atoms with Gasteiger partial charge in [0.2, 0.25) is 5.76 Å². The molecule has 1 amide bonds. The van der Waals surface area contributed by atoms with Gasteiger partial charge in [-0.1, -0.05) is 17.7 Å². The standard InChI is InChI=1S/C19H18N4O6/c1-11-4-6-14(7-5-11)22-13(3)18(12(2)21-22)20-16(24)10-28-19(25)15-8-9-17(29-15)23(26)27/h4-9H,10H2,1-3H3,(H,20,24). The number of anilines is 1. The zero-order valence-electron chi connectivity index (χ0n) is 16.0. The van der Waals surface area contributed by atoms with E-state index in [2.05, 4.69) is 10.4 Å². The van der Waals surface area contributed by atoms with Gasteiger partial charge < -0.3 is 14.5 Å². The van der Waals surface area contributed by atoms with Crippen molar-refractivity contribution in [1.82, 2.24) is 9.78 Å². The van der Waals surface area contributed by atoms with Gasteiger partial charge in [-0.25, -0.2) is 9.48 Å². The lowest BCUT2D eigenvalue weighted by Crippen LogP contribution is -2.21. The van der Waals surface area contributed by atoms with Gasteiger partial charge in [0.25, 0.3) is 5.91 Å². The molecule has 0 spiro atoms. The summed E-state index contributed by atoms with van der Waals surface area (Å²) in [6.07, 6.45) is 0. The molecule has 2 heterocycles. The highest BCUT2D eigenvalue weighted by atomic mass is 16.7. The van der Waals surface area contributed by atoms with Gasteiger partial charge >= 0.3 is 11.9 Å². The molecule has 10 nitrogen and oxygen atoms in total. The number of nitrogens with zero attached hydrogens (tertiary/aromatic N) is 3. The Hall–Kier alpha value is -3.95. The van der Waals surface area contributed by atoms with Gasteiger partial charge in [-0.2, -0.15) is 5.10 Å². The fourth-order valence-electron chi connectivity index (χ4n) is 2.67. The summed E-state index contributed by atoms with van der Waals surface area (Å²) >= 11 is 0. The molecule has 0 aliphatic heterocycles. The molecule has 1 N–H and O–H groups in total. The summed E-state index contributed by atoms with van der Waals surface area (Å²) in [5.74, 6) is -2.49. The van der Waals surface area contributed by atoms with Crippen molar-refractivity contribution in [3.8, 4) is 5.69 Å². The van der Waals surface area contributed by atoms with Crippen molar-refractivity contribution in [2.24, 2.45) is 0 Å². The second kappa shape index (κ2) is 7.97. The van der Waals surface area contributed by atoms with Gasteiger partial charge in [0.15, 0.2) is 6.61 Å². The number of rotatable bonds is 6. The molecule has 3 rings (SSSR count). The zero-order chi connectivity index (χ0) is 21.1. The molecule has 3 aromatic rings. The van der Waals surface area contributed by atoms with Crippen LogP contribution in [0.15, 0.2) is 40.8 Å². The van der Waals surface area contributed by atoms with E-state index in [1.807, 2.05) is 38.1 Å². The van der Waals surface area contributed by atoms with Crippen LogP contribution in [-0.4, -0.2) is 33.2 Å². The number of benzene rings is 1. The Labute approximate surface area is 165 Å². The number of aryl methyl sites for hydroxylation is 2. The van der Waals surface area contributed by atoms with Crippen molar-refractivity contribution in [3.63, 3.8) is 0 Å². The van der Waals surface area contributed by atoms with Crippen molar-refractivity contribution < 1.29 is 23.7 Å². The lowest BCUT2D eigenvalue weighted by Gasteiger charge is -2.07. The van der Waals surface area contributed by atoms with Crippen molar-refractivity contribution in [3.05, 3.63) is 69.2 Å². The first-order valence-electron chi connectivity index (χ1n) is 8.60. The third-order valence-electron chi connectivity index (χ3n) is 4.14. The fourth-order valence-corrected chi connectivity index (χ4v) is 2.67. The molecule has 0 aliphatic carbocycles. The molecule has 29 heavy (non-hydrogen) atoms. The molecule has 2 aromatic heterocycles. The third kappa shape index (κ3) is 4.32. The first kappa shape index (κ1) is 19.8. The van der Waals surface area contributed by atoms with Crippen LogP contribution in [0.4, 0.5) is 11.6 Å². The molecule has 0 unspecified atom stereocenters. The van der Waals surface area contributed by atoms with E-state index in [0.717, 1.165) is 23.4 Å². The number of carbonyl (C=O) groups excluding carboxylic acids is 2. The number of carbonyl (C=O) groups is 2. The van der Waals surface area contributed by atoms with Crippen LogP contribution in [-0.2, 0) is 9.53 Å². The Kier molecular flexibility index (Phi) is 5.44. The summed E-state index contributed by atoms with van der Waals surface area (Å²) in [5.41, 5.74) is 3.80. The first-order chi connectivity index (χ1) is 13.8. The molecular formula is C19H18N4O6. The van der Waals surface area contributed by atoms with Crippen LogP contribution < -0.4 is 5.32 Å². The van der Waals surface area contributed by atoms with Gasteiger partial charge in [-0.05, 0) is 39.0 Å². The molecule has 0 fully saturated rings. The third-order valence-corrected chi connectivity index (χ3v) is 4.14. The van der Waals surface area contributed by atoms with E-state index < -0.39 is 29.3 Å². The van der Waals surface area contributed by atoms with Gasteiger partial charge in [-0.15, -0.1) is 0 Å². The van der Waals surface area contributed by atoms with E-state index in [1.165, 1.54) is 0 Å². The normalized spacial score (nSPS) is 10.6. The minimum Gasteiger partial charge on any atom is -0.450 e. The number of esters is 1. The van der Waals surface area contributed by atoms with E-state index in [-0.39, 0.29) is 5.76 Å². The number of nitro groups is 1. The Morgan fingerprint density at radius 3 is 2.48 bits per heavy atom. The van der Waals surface area contributed by atoms with E-state index in [1.54, 1.807) is 11.6 Å². The quantitative estimate of drug-likeness (QED) is 0.384. The number of nitrogens with one attached hydrogen (secondary N) is 1. The summed E-state index contributed by atoms with van der Waals surface area (Å²) in [4.78, 5) is 33.8. The second-order valence-electron chi connectivity index (χ2n) is 6.31. The van der Waals surface area contributed by atoms with Crippen molar-refractivity contribution in [1.29, 1.82) is 0 Å². The lowest BCUT2D eigenvalue weighted by molar-refractivity contribution is -0.402. The SMILES string of the molecule is Cc1ccc(-n2nc(C)c(NC(=O)COC(=O)c3ccc([N+](=O)[O-])o3)c2C)cc1. The van der Waals surface area contributed by atoms with E-state index >= 15 is 0 Å². The number of ether oxygens (including phenoxy) is 1. The predicted octanol–water partition coefficient (Wildman–Crippen LogP) is 3.09. The van der Waals surface area contributed by atoms with Crippen LogP contribution in [0.3, 0.4) is 0 Å². The summed E-state index contributed by atoms with van der Waals surface area (Å²) in [6.45, 7) is 4.96. The minimum atomic E-state index is -0.975. The monoisotopic (exact) mass is 398 g/mol. The van der Waals surface area contributed by atoms with E-state index in [4.69, 9.17) is 9.15 Å². The van der Waals surface area contributed by atoms with Gasteiger partial charge in [0.05, 0.1) is 28.8 Å². The lowest BCUT2D eigenvalue weighted by atomic mass is 10.2. The summed E-state index contributed by atoms with van der Waals surface area (Å²) in [5, 5.41) is 17.7. The topological polar surface area (TPSA) is 130 Å². The molecule has 150 valence electrons. The number of amides is 1. The van der Waals surface area contributed by atoms with Crippen molar-refractivity contribution in [2.45, 2.75) is 20.8 Å². The highest BCUT2D eigenvalue weighted by Gasteiger charge is 2.20. The largest absolute Gasteiger partial charge is 0.450 e. The smallest absolute Gasteiger partial charge is 0.433 e. The summed E-state index contributed by atoms with van der Waals surface area (Å²) in [7, 11) is 0. The molecule has 0 radical (unpaired) electrons. The summed E-state index contributed by atoms with van der Waals surface area (Å²) in [6, 6.07) is 9.90. The zero-order valence-corrected chi connectivity index (χ0v) is 16.0. The molecule has 10 heteroatoms. The predicted molar refractivity (Wildman–Crippen MR) is 102 cm³/mol. The fraction of sp³-hybridized carbons (Fsp3) is 0.211. The average Bonchev–Trinajstić information content (AvgIpc) is 3.28. The van der Waals surface area contributed by atoms with Gasteiger partial charge in [-0.3, -0.25) is 14.9 Å². The summed E-state index contributed by atoms with van der Waals surface area (Å²) < 4.78 is 11.3. The highest BCUT2D eigenvalue weighted by Crippen LogP contribution is 2.23. The first-order valence-corrected chi connectivity index (χ1v) is 8.60. The molecular weight excluding hydrogens is 380 g/mol. The molecule has 0 bridgehead atoms. The van der Waals surface area contributed by atoms with Gasteiger partial charge in [0, 0.05) is 0 Å². The van der Waals surface area contributed by atoms with E-state index in [9.17, 15) is 19.7 Å². The van der Waals surface area contributed by atoms with Crippen LogP contribution in [0.25, 0.3) is 5.69 Å². The molecule has 0 saturated carbocycles. The Morgan fingerprint density at radius 1 is 1.17 bits per heavy atom. The van der Waals surface area contributed by atoms with Gasteiger partial charge in [0.1, 0.15) is 4.92 Å². The van der Waals surface area contributed by atoms with Crippen LogP contribution >= 0.6 is 0 Å². The maximum Gasteiger partial charge on any atom is 0.433 e. The number of hydrogen-bond acceptors (Lipinski definition) is 7. The average molecular weight is 398 g/mol. The number of furan rings is 1. The van der Waals surface area contributed by atoms with Crippen molar-refractivity contribution >= 4 is 23.4 Å². The van der Waals surface area contributed by atoms with Crippen molar-refractivity contribution in [2.75, 3.05) is 11.9 Å². The van der Waals surface area contributed by atoms with Crippen LogP contribution in [0.5, 0.6) is 0 Å². The molecule has 0 atom stereocenters. The minimum absolute atomic E-state index is 0.357. The molecule has 0 saturated heterocycles. The Balaban J connectivity index is 1.65. The Morgan fingerprint density at radius 2 is 1.86 bits per heavy atom. The highest BCUT2D eigenvalue weighted by molar-refractivity contribution is 5.95. The molecule has 1 aromatic carbocycles. The second-order valence-corrected chi connectivity index (χ2v) is 6.31. The van der Waals surface area contributed by atoms with Crippen LogP contribution in [0.1, 0.15) is 27.5 Å². The molecule has 0 aliphatic rings. The Bertz CT molecular complexity index is 1080.